The largest absolute Gasteiger partial charge is 0.317 e. The average molecular weight is 220 g/mol. The normalized spacial score (nSPS) is 43.7. The summed E-state index contributed by atoms with van der Waals surface area (Å²) >= 11 is 0. The van der Waals surface area contributed by atoms with Crippen LogP contribution >= 0.6 is 7.14 Å². The molecule has 0 aromatic heterocycles. The molecule has 1 aliphatic carbocycles. The van der Waals surface area contributed by atoms with Gasteiger partial charge in [-0.3, -0.25) is 0 Å². The van der Waals surface area contributed by atoms with Crippen LogP contribution in [-0.4, -0.2) is 10.8 Å². The molecule has 1 heterocycles. The van der Waals surface area contributed by atoms with Crippen molar-refractivity contribution in [2.45, 2.75) is 31.6 Å². The van der Waals surface area contributed by atoms with E-state index in [9.17, 15) is 4.57 Å². The number of fused-ring (bicyclic) bond motifs is 1. The fourth-order valence-electron chi connectivity index (χ4n) is 2.06. The average Bonchev–Trinajstić information content (AvgIpc) is 2.71. The van der Waals surface area contributed by atoms with Crippen LogP contribution in [0.1, 0.15) is 20.8 Å². The van der Waals surface area contributed by atoms with Gasteiger partial charge in [-0.1, -0.05) is 63.3 Å². The minimum atomic E-state index is -2.14. The van der Waals surface area contributed by atoms with Gasteiger partial charge in [0.15, 0.2) is 0 Å². The van der Waals surface area contributed by atoms with Gasteiger partial charge in [0.2, 0.25) is 0 Å². The lowest BCUT2D eigenvalue weighted by molar-refractivity contribution is 0.565. The molecule has 2 heteroatoms. The Labute approximate surface area is 91.6 Å². The molecule has 2 unspecified atom stereocenters. The summed E-state index contributed by atoms with van der Waals surface area (Å²) in [6.45, 7) is 6.21. The molecule has 1 aliphatic heterocycles. The second-order valence-corrected chi connectivity index (χ2v) is 8.75. The molecule has 0 amide bonds. The lowest BCUT2D eigenvalue weighted by atomic mass is 10.3. The van der Waals surface area contributed by atoms with E-state index in [0.29, 0.717) is 0 Å². The number of rotatable bonds is 0. The summed E-state index contributed by atoms with van der Waals surface area (Å²) in [7, 11) is -2.14. The van der Waals surface area contributed by atoms with Gasteiger partial charge in [0.25, 0.3) is 0 Å². The highest BCUT2D eigenvalue weighted by Gasteiger charge is 2.60. The van der Waals surface area contributed by atoms with Crippen LogP contribution in [0.15, 0.2) is 47.8 Å². The molecule has 0 bridgehead atoms. The Hall–Kier alpha value is -0.810. The second kappa shape index (κ2) is 3.35. The molecule has 0 radical (unpaired) electrons. The first-order valence-corrected chi connectivity index (χ1v) is 7.07. The van der Waals surface area contributed by atoms with E-state index in [1.165, 1.54) is 0 Å². The third-order valence-corrected chi connectivity index (χ3v) is 7.16. The lowest BCUT2D eigenvalue weighted by Gasteiger charge is -2.17. The van der Waals surface area contributed by atoms with Crippen LogP contribution in [0.25, 0.3) is 0 Å². The zero-order chi connectivity index (χ0) is 11.1. The second-order valence-electron chi connectivity index (χ2n) is 5.02. The summed E-state index contributed by atoms with van der Waals surface area (Å²) in [5, 5.41) is 1.02. The van der Waals surface area contributed by atoms with Crippen LogP contribution in [0, 0.1) is 0 Å². The van der Waals surface area contributed by atoms with Crippen molar-refractivity contribution in [3.8, 4) is 0 Å². The van der Waals surface area contributed by atoms with Crippen molar-refractivity contribution in [2.75, 3.05) is 0 Å². The van der Waals surface area contributed by atoms with Gasteiger partial charge in [0.1, 0.15) is 7.14 Å². The minimum Gasteiger partial charge on any atom is -0.317 e. The van der Waals surface area contributed by atoms with Gasteiger partial charge < -0.3 is 4.57 Å². The first kappa shape index (κ1) is 10.7. The van der Waals surface area contributed by atoms with E-state index in [1.807, 2.05) is 36.5 Å². The molecule has 1 saturated heterocycles. The van der Waals surface area contributed by atoms with Gasteiger partial charge in [0, 0.05) is 10.5 Å². The molecule has 2 rings (SSSR count). The fraction of sp³-hybridized carbons (Fsp3) is 0.385. The van der Waals surface area contributed by atoms with Crippen molar-refractivity contribution in [1.29, 1.82) is 0 Å². The molecule has 0 spiro atoms. The quantitative estimate of drug-likeness (QED) is 0.562. The molecule has 2 aliphatic rings. The van der Waals surface area contributed by atoms with E-state index < -0.39 is 7.14 Å². The molecular formula is C13H17OP. The van der Waals surface area contributed by atoms with Gasteiger partial charge in [-0.15, -0.1) is 0 Å². The number of hydrogen-bond acceptors (Lipinski definition) is 1. The first-order valence-electron chi connectivity index (χ1n) is 5.30. The molecule has 0 N–H and O–H groups in total. The molecule has 80 valence electrons. The zero-order valence-corrected chi connectivity index (χ0v) is 10.4. The lowest BCUT2D eigenvalue weighted by Crippen LogP contribution is -2.08. The molecule has 15 heavy (non-hydrogen) atoms. The predicted octanol–water partition coefficient (Wildman–Crippen LogP) is 4.10. The van der Waals surface area contributed by atoms with Gasteiger partial charge in [-0.25, -0.2) is 0 Å². The molecule has 1 fully saturated rings. The van der Waals surface area contributed by atoms with Gasteiger partial charge in [0.05, 0.1) is 5.66 Å². The van der Waals surface area contributed by atoms with Gasteiger partial charge in [-0.05, 0) is 0 Å². The van der Waals surface area contributed by atoms with Crippen LogP contribution < -0.4 is 0 Å². The standard InChI is InChI=1S/C13H17OP/c1-13(2,3)15(14)11-9-7-5-4-6-8-10-12(11)15/h4-11H,1-3H3/b5-4-,8-6-,9-7+,12-10+. The molecule has 1 nitrogen and oxygen atoms in total. The van der Waals surface area contributed by atoms with E-state index in [1.54, 1.807) is 0 Å². The molecular weight excluding hydrogens is 203 g/mol. The van der Waals surface area contributed by atoms with Gasteiger partial charge >= 0.3 is 0 Å². The van der Waals surface area contributed by atoms with Crippen molar-refractivity contribution in [3.05, 3.63) is 47.8 Å². The summed E-state index contributed by atoms with van der Waals surface area (Å²) in [6, 6.07) is 0. The minimum absolute atomic E-state index is 0.107. The smallest absolute Gasteiger partial charge is 0.128 e. The highest BCUT2D eigenvalue weighted by Crippen LogP contribution is 2.84. The van der Waals surface area contributed by atoms with Crippen LogP contribution in [-0.2, 0) is 4.57 Å². The Kier molecular flexibility index (Phi) is 2.39. The first-order chi connectivity index (χ1) is 6.98. The SMILES string of the molecule is CC(C)(C)P1(=O)/C2=C/C=C\C=C/C=C/C21. The molecule has 0 aromatic carbocycles. The fourth-order valence-corrected chi connectivity index (χ4v) is 5.43. The monoisotopic (exact) mass is 220 g/mol. The Morgan fingerprint density at radius 3 is 2.33 bits per heavy atom. The zero-order valence-electron chi connectivity index (χ0n) is 9.47. The number of hydrogen-bond donors (Lipinski definition) is 0. The van der Waals surface area contributed by atoms with E-state index >= 15 is 0 Å². The van der Waals surface area contributed by atoms with Crippen LogP contribution in [0.2, 0.25) is 0 Å². The number of allylic oxidation sites excluding steroid dienone is 8. The van der Waals surface area contributed by atoms with E-state index in [4.69, 9.17) is 0 Å². The Bertz CT molecular complexity index is 430. The van der Waals surface area contributed by atoms with Gasteiger partial charge in [-0.2, -0.15) is 0 Å². The highest BCUT2D eigenvalue weighted by molar-refractivity contribution is 7.79. The summed E-state index contributed by atoms with van der Waals surface area (Å²) < 4.78 is 12.8. The van der Waals surface area contributed by atoms with E-state index in [0.717, 1.165) is 5.31 Å². The molecule has 0 saturated carbocycles. The highest BCUT2D eigenvalue weighted by atomic mass is 31.2. The van der Waals surface area contributed by atoms with Crippen molar-refractivity contribution in [3.63, 3.8) is 0 Å². The summed E-state index contributed by atoms with van der Waals surface area (Å²) in [6.07, 6.45) is 14.0. The topological polar surface area (TPSA) is 17.1 Å². The molecule has 0 aromatic rings. The maximum absolute atomic E-state index is 12.8. The van der Waals surface area contributed by atoms with Crippen molar-refractivity contribution in [1.82, 2.24) is 0 Å². The summed E-state index contributed by atoms with van der Waals surface area (Å²) in [4.78, 5) is 0. The maximum atomic E-state index is 12.8. The van der Waals surface area contributed by atoms with Crippen molar-refractivity contribution < 1.29 is 4.57 Å². The van der Waals surface area contributed by atoms with Crippen LogP contribution in [0.4, 0.5) is 0 Å². The third-order valence-electron chi connectivity index (χ3n) is 3.01. The predicted molar refractivity (Wildman–Crippen MR) is 66.7 cm³/mol. The van der Waals surface area contributed by atoms with Crippen LogP contribution in [0.3, 0.4) is 0 Å². The van der Waals surface area contributed by atoms with Crippen molar-refractivity contribution in [2.24, 2.45) is 0 Å². The Morgan fingerprint density at radius 1 is 1.07 bits per heavy atom. The summed E-state index contributed by atoms with van der Waals surface area (Å²) in [5.74, 6) is 0. The van der Waals surface area contributed by atoms with Crippen molar-refractivity contribution >= 4 is 7.14 Å². The summed E-state index contributed by atoms with van der Waals surface area (Å²) in [5.41, 5.74) is 0.185. The van der Waals surface area contributed by atoms with E-state index in [2.05, 4.69) is 26.8 Å². The van der Waals surface area contributed by atoms with Crippen LogP contribution in [0.5, 0.6) is 0 Å². The third kappa shape index (κ3) is 1.59. The Morgan fingerprint density at radius 2 is 1.67 bits per heavy atom. The maximum Gasteiger partial charge on any atom is 0.128 e. The van der Waals surface area contributed by atoms with E-state index in [-0.39, 0.29) is 10.8 Å². The Balaban J connectivity index is 2.41. The molecule has 2 atom stereocenters.